The van der Waals surface area contributed by atoms with Gasteiger partial charge in [0, 0.05) is 31.8 Å². The molecule has 0 saturated carbocycles. The molecule has 1 rings (SSSR count). The van der Waals surface area contributed by atoms with E-state index in [9.17, 15) is 9.18 Å². The quantitative estimate of drug-likeness (QED) is 0.748. The van der Waals surface area contributed by atoms with Crippen LogP contribution in [0, 0.1) is 5.82 Å². The molecule has 108 valence electrons. The first kappa shape index (κ1) is 17.6. The number of ether oxygens (including phenoxy) is 2. The molecule has 7 heteroatoms. The van der Waals surface area contributed by atoms with Gasteiger partial charge in [0.25, 0.3) is 0 Å². The maximum absolute atomic E-state index is 13.6. The summed E-state index contributed by atoms with van der Waals surface area (Å²) in [7, 11) is 1.54. The predicted octanol–water partition coefficient (Wildman–Crippen LogP) is 1.56. The predicted molar refractivity (Wildman–Crippen MR) is 73.3 cm³/mol. The van der Waals surface area contributed by atoms with Crippen molar-refractivity contribution in [3.8, 4) is 5.75 Å². The molecule has 5 nitrogen and oxygen atoms in total. The van der Waals surface area contributed by atoms with Crippen molar-refractivity contribution in [1.82, 2.24) is 0 Å². The number of carbonyl (C=O) groups is 1. The molecule has 0 fully saturated rings. The number of benzene rings is 1. The molecule has 0 aliphatic rings. The molecule has 0 aliphatic carbocycles. The van der Waals surface area contributed by atoms with Crippen LogP contribution in [0.25, 0.3) is 0 Å². The van der Waals surface area contributed by atoms with E-state index in [1.807, 2.05) is 0 Å². The number of halogens is 2. The number of methoxy groups -OCH3 is 1. The van der Waals surface area contributed by atoms with E-state index in [1.165, 1.54) is 19.2 Å². The standard InChI is InChI=1S/C12H17FN2O3.ClH/c1-17-6-7-18-11-3-2-9(8-10(11)13)15-12(16)4-5-14;/h2-3,8H,4-7,14H2,1H3,(H,15,16);1H. The summed E-state index contributed by atoms with van der Waals surface area (Å²) in [5, 5.41) is 2.54. The molecule has 0 saturated heterocycles. The van der Waals surface area contributed by atoms with Crippen LogP contribution in [-0.4, -0.2) is 32.8 Å². The largest absolute Gasteiger partial charge is 0.488 e. The smallest absolute Gasteiger partial charge is 0.225 e. The van der Waals surface area contributed by atoms with Gasteiger partial charge in [-0.15, -0.1) is 12.4 Å². The molecule has 0 aromatic heterocycles. The third kappa shape index (κ3) is 6.37. The highest BCUT2D eigenvalue weighted by atomic mass is 35.5. The number of hydrogen-bond acceptors (Lipinski definition) is 4. The maximum Gasteiger partial charge on any atom is 0.225 e. The van der Waals surface area contributed by atoms with Gasteiger partial charge in [0.2, 0.25) is 5.91 Å². The van der Waals surface area contributed by atoms with Gasteiger partial charge in [-0.25, -0.2) is 4.39 Å². The third-order valence-corrected chi connectivity index (χ3v) is 2.13. The zero-order valence-electron chi connectivity index (χ0n) is 10.6. The Hall–Kier alpha value is -1.37. The van der Waals surface area contributed by atoms with E-state index in [-0.39, 0.29) is 43.6 Å². The first-order valence-electron chi connectivity index (χ1n) is 5.58. The van der Waals surface area contributed by atoms with E-state index in [4.69, 9.17) is 15.2 Å². The number of carbonyl (C=O) groups excluding carboxylic acids is 1. The molecule has 19 heavy (non-hydrogen) atoms. The zero-order valence-corrected chi connectivity index (χ0v) is 11.5. The fourth-order valence-electron chi connectivity index (χ4n) is 1.29. The molecule has 0 unspecified atom stereocenters. The van der Waals surface area contributed by atoms with E-state index in [0.717, 1.165) is 0 Å². The van der Waals surface area contributed by atoms with Gasteiger partial charge < -0.3 is 20.5 Å². The van der Waals surface area contributed by atoms with Crippen molar-refractivity contribution in [2.75, 3.05) is 32.2 Å². The van der Waals surface area contributed by atoms with Crippen LogP contribution in [0.15, 0.2) is 18.2 Å². The minimum Gasteiger partial charge on any atom is -0.488 e. The summed E-state index contributed by atoms with van der Waals surface area (Å²) in [5.41, 5.74) is 5.62. The highest BCUT2D eigenvalue weighted by molar-refractivity contribution is 5.90. The Balaban J connectivity index is 0.00000324. The Labute approximate surface area is 117 Å². The molecule has 0 atom stereocenters. The van der Waals surface area contributed by atoms with E-state index in [1.54, 1.807) is 6.07 Å². The van der Waals surface area contributed by atoms with Crippen molar-refractivity contribution < 1.29 is 18.7 Å². The SMILES string of the molecule is COCCOc1ccc(NC(=O)CCN)cc1F.Cl. The molecule has 3 N–H and O–H groups in total. The number of hydrogen-bond donors (Lipinski definition) is 2. The van der Waals surface area contributed by atoms with Gasteiger partial charge in [0.15, 0.2) is 11.6 Å². The van der Waals surface area contributed by atoms with Crippen LogP contribution in [0.4, 0.5) is 10.1 Å². The first-order chi connectivity index (χ1) is 8.67. The minimum atomic E-state index is -0.531. The highest BCUT2D eigenvalue weighted by Gasteiger charge is 2.06. The highest BCUT2D eigenvalue weighted by Crippen LogP contribution is 2.21. The Morgan fingerprint density at radius 3 is 2.74 bits per heavy atom. The van der Waals surface area contributed by atoms with Crippen LogP contribution < -0.4 is 15.8 Å². The van der Waals surface area contributed by atoms with E-state index < -0.39 is 5.82 Å². The van der Waals surface area contributed by atoms with Gasteiger partial charge in [0.1, 0.15) is 6.61 Å². The lowest BCUT2D eigenvalue weighted by atomic mass is 10.2. The maximum atomic E-state index is 13.6. The van der Waals surface area contributed by atoms with Crippen LogP contribution >= 0.6 is 12.4 Å². The van der Waals surface area contributed by atoms with Crippen molar-refractivity contribution in [2.45, 2.75) is 6.42 Å². The van der Waals surface area contributed by atoms with Gasteiger partial charge in [-0.1, -0.05) is 0 Å². The van der Waals surface area contributed by atoms with Gasteiger partial charge >= 0.3 is 0 Å². The summed E-state index contributed by atoms with van der Waals surface area (Å²) in [4.78, 5) is 11.3. The Morgan fingerprint density at radius 1 is 1.42 bits per heavy atom. The van der Waals surface area contributed by atoms with Crippen LogP contribution in [0.1, 0.15) is 6.42 Å². The molecule has 1 aromatic rings. The van der Waals surface area contributed by atoms with E-state index in [0.29, 0.717) is 12.3 Å². The van der Waals surface area contributed by atoms with Gasteiger partial charge in [-0.05, 0) is 12.1 Å². The summed E-state index contributed by atoms with van der Waals surface area (Å²) in [6.07, 6.45) is 0.202. The number of rotatable bonds is 7. The Morgan fingerprint density at radius 2 is 2.16 bits per heavy atom. The molecular formula is C12H18ClFN2O3. The van der Waals surface area contributed by atoms with Crippen LogP contribution in [0.5, 0.6) is 5.75 Å². The van der Waals surface area contributed by atoms with Crippen molar-refractivity contribution in [3.63, 3.8) is 0 Å². The fourth-order valence-corrected chi connectivity index (χ4v) is 1.29. The van der Waals surface area contributed by atoms with Crippen molar-refractivity contribution in [2.24, 2.45) is 5.73 Å². The normalized spacial score (nSPS) is 9.63. The lowest BCUT2D eigenvalue weighted by Crippen LogP contribution is -2.16. The second-order valence-electron chi connectivity index (χ2n) is 3.57. The lowest BCUT2D eigenvalue weighted by Gasteiger charge is -2.09. The first-order valence-corrected chi connectivity index (χ1v) is 5.58. The molecule has 0 radical (unpaired) electrons. The summed E-state index contributed by atoms with van der Waals surface area (Å²) in [6, 6.07) is 4.24. The lowest BCUT2D eigenvalue weighted by molar-refractivity contribution is -0.116. The van der Waals surface area contributed by atoms with Crippen LogP contribution in [0.2, 0.25) is 0 Å². The van der Waals surface area contributed by atoms with E-state index in [2.05, 4.69) is 5.32 Å². The van der Waals surface area contributed by atoms with E-state index >= 15 is 0 Å². The number of nitrogens with two attached hydrogens (primary N) is 1. The van der Waals surface area contributed by atoms with Crippen molar-refractivity contribution >= 4 is 24.0 Å². The van der Waals surface area contributed by atoms with Gasteiger partial charge in [-0.2, -0.15) is 0 Å². The van der Waals surface area contributed by atoms with Gasteiger partial charge in [-0.3, -0.25) is 4.79 Å². The third-order valence-electron chi connectivity index (χ3n) is 2.13. The van der Waals surface area contributed by atoms with Gasteiger partial charge in [0.05, 0.1) is 6.61 Å². The molecule has 1 amide bonds. The van der Waals surface area contributed by atoms with Crippen LogP contribution in [-0.2, 0) is 9.53 Å². The number of nitrogens with one attached hydrogen (secondary N) is 1. The number of anilines is 1. The molecule has 0 aliphatic heterocycles. The summed E-state index contributed by atoms with van der Waals surface area (Å²) < 4.78 is 23.5. The minimum absolute atomic E-state index is 0. The Bertz CT molecular complexity index is 405. The van der Waals surface area contributed by atoms with Crippen LogP contribution in [0.3, 0.4) is 0 Å². The van der Waals surface area contributed by atoms with Crippen molar-refractivity contribution in [3.05, 3.63) is 24.0 Å². The monoisotopic (exact) mass is 292 g/mol. The number of amides is 1. The second kappa shape index (κ2) is 9.55. The molecule has 0 spiro atoms. The summed E-state index contributed by atoms with van der Waals surface area (Å²) >= 11 is 0. The summed E-state index contributed by atoms with van der Waals surface area (Å²) in [6.45, 7) is 0.910. The molecule has 1 aromatic carbocycles. The molecule has 0 bridgehead atoms. The second-order valence-corrected chi connectivity index (χ2v) is 3.57. The molecule has 0 heterocycles. The Kier molecular flexibility index (Phi) is 8.86. The summed E-state index contributed by atoms with van der Waals surface area (Å²) in [5.74, 6) is -0.648. The fraction of sp³-hybridized carbons (Fsp3) is 0.417. The topological polar surface area (TPSA) is 73.6 Å². The van der Waals surface area contributed by atoms with Crippen molar-refractivity contribution in [1.29, 1.82) is 0 Å². The average molecular weight is 293 g/mol. The molecular weight excluding hydrogens is 275 g/mol. The zero-order chi connectivity index (χ0) is 13.4. The average Bonchev–Trinajstić information content (AvgIpc) is 2.32.